The number of carbonyl (C=O) groups excluding carboxylic acids is 2. The van der Waals surface area contributed by atoms with Crippen molar-refractivity contribution in [1.29, 1.82) is 0 Å². The standard InChI is InChI=1S/C14H21N3O3S/c1-4-20-13(19)10(2)14(6-16-7-14)8-17(3)12(18)11-5-15-9-21-11/h5,9-10,16H,4,6-8H2,1-3H3. The Hall–Kier alpha value is -1.47. The number of ether oxygens (including phenoxy) is 1. The second-order valence-corrected chi connectivity index (χ2v) is 6.35. The SMILES string of the molecule is CCOC(=O)C(C)C1(CN(C)C(=O)c2cncs2)CNC1. The number of nitrogens with one attached hydrogen (secondary N) is 1. The monoisotopic (exact) mass is 311 g/mol. The van der Waals surface area contributed by atoms with E-state index in [1.165, 1.54) is 11.3 Å². The Labute approximate surface area is 128 Å². The average molecular weight is 311 g/mol. The van der Waals surface area contributed by atoms with Gasteiger partial charge in [-0.1, -0.05) is 6.92 Å². The van der Waals surface area contributed by atoms with Gasteiger partial charge in [-0.2, -0.15) is 0 Å². The van der Waals surface area contributed by atoms with Crippen molar-refractivity contribution in [1.82, 2.24) is 15.2 Å². The Morgan fingerprint density at radius 2 is 2.29 bits per heavy atom. The van der Waals surface area contributed by atoms with E-state index < -0.39 is 0 Å². The van der Waals surface area contributed by atoms with Crippen molar-refractivity contribution in [2.24, 2.45) is 11.3 Å². The summed E-state index contributed by atoms with van der Waals surface area (Å²) in [5, 5.41) is 3.20. The minimum Gasteiger partial charge on any atom is -0.466 e. The van der Waals surface area contributed by atoms with Gasteiger partial charge in [0.25, 0.3) is 5.91 Å². The van der Waals surface area contributed by atoms with Crippen molar-refractivity contribution in [2.45, 2.75) is 13.8 Å². The lowest BCUT2D eigenvalue weighted by molar-refractivity contribution is -0.154. The second-order valence-electron chi connectivity index (χ2n) is 5.47. The Bertz CT molecular complexity index is 500. The summed E-state index contributed by atoms with van der Waals surface area (Å²) < 4.78 is 5.12. The summed E-state index contributed by atoms with van der Waals surface area (Å²) in [5.74, 6) is -0.493. The molecule has 0 aromatic carbocycles. The van der Waals surface area contributed by atoms with Gasteiger partial charge in [0, 0.05) is 32.1 Å². The number of thiazole rings is 1. The van der Waals surface area contributed by atoms with Gasteiger partial charge in [-0.05, 0) is 6.92 Å². The van der Waals surface area contributed by atoms with E-state index in [-0.39, 0.29) is 23.2 Å². The Balaban J connectivity index is 2.04. The molecule has 6 nitrogen and oxygen atoms in total. The molecule has 2 rings (SSSR count). The molecule has 0 spiro atoms. The smallest absolute Gasteiger partial charge is 0.309 e. The van der Waals surface area contributed by atoms with E-state index in [1.54, 1.807) is 30.6 Å². The number of hydrogen-bond donors (Lipinski definition) is 1. The van der Waals surface area contributed by atoms with Crippen molar-refractivity contribution >= 4 is 23.2 Å². The lowest BCUT2D eigenvalue weighted by Gasteiger charge is -2.47. The summed E-state index contributed by atoms with van der Waals surface area (Å²) in [6.07, 6.45) is 1.57. The molecule has 1 N–H and O–H groups in total. The maximum absolute atomic E-state index is 12.3. The molecule has 0 bridgehead atoms. The van der Waals surface area contributed by atoms with Crippen molar-refractivity contribution in [3.63, 3.8) is 0 Å². The molecular weight excluding hydrogens is 290 g/mol. The fourth-order valence-corrected chi connectivity index (χ4v) is 3.19. The zero-order valence-corrected chi connectivity index (χ0v) is 13.4. The molecule has 0 radical (unpaired) electrons. The molecule has 1 atom stereocenters. The zero-order chi connectivity index (χ0) is 15.5. The Kier molecular flexibility index (Phi) is 4.95. The summed E-state index contributed by atoms with van der Waals surface area (Å²) in [7, 11) is 1.76. The first kappa shape index (κ1) is 15.9. The van der Waals surface area contributed by atoms with Crippen LogP contribution in [0.25, 0.3) is 0 Å². The number of amides is 1. The quantitative estimate of drug-likeness (QED) is 0.794. The molecule has 1 fully saturated rings. The molecule has 2 heterocycles. The number of rotatable bonds is 6. The minimum absolute atomic E-state index is 0.0557. The van der Waals surface area contributed by atoms with Crippen molar-refractivity contribution < 1.29 is 14.3 Å². The number of carbonyl (C=O) groups is 2. The molecule has 116 valence electrons. The van der Waals surface area contributed by atoms with Crippen LogP contribution in [0.15, 0.2) is 11.7 Å². The molecule has 1 aromatic rings. The van der Waals surface area contributed by atoms with E-state index in [0.717, 1.165) is 0 Å². The first-order valence-corrected chi connectivity index (χ1v) is 7.89. The predicted molar refractivity (Wildman–Crippen MR) is 80.2 cm³/mol. The van der Waals surface area contributed by atoms with E-state index >= 15 is 0 Å². The Morgan fingerprint density at radius 3 is 2.76 bits per heavy atom. The molecule has 7 heteroatoms. The fourth-order valence-electron chi connectivity index (χ4n) is 2.57. The fraction of sp³-hybridized carbons (Fsp3) is 0.643. The third-order valence-electron chi connectivity index (χ3n) is 4.05. The van der Waals surface area contributed by atoms with Gasteiger partial charge in [-0.15, -0.1) is 11.3 Å². The predicted octanol–water partition coefficient (Wildman–Crippen LogP) is 1.00. The van der Waals surface area contributed by atoms with Crippen LogP contribution in [0.5, 0.6) is 0 Å². The van der Waals surface area contributed by atoms with Gasteiger partial charge in [-0.3, -0.25) is 14.6 Å². The highest BCUT2D eigenvalue weighted by Gasteiger charge is 2.47. The third kappa shape index (κ3) is 3.24. The summed E-state index contributed by atoms with van der Waals surface area (Å²) in [5.41, 5.74) is 1.39. The van der Waals surface area contributed by atoms with E-state index in [0.29, 0.717) is 31.1 Å². The van der Waals surface area contributed by atoms with Gasteiger partial charge >= 0.3 is 5.97 Å². The first-order chi connectivity index (χ1) is 10.00. The molecule has 1 aliphatic rings. The van der Waals surface area contributed by atoms with E-state index in [9.17, 15) is 9.59 Å². The topological polar surface area (TPSA) is 71.5 Å². The molecular formula is C14H21N3O3S. The van der Waals surface area contributed by atoms with Crippen LogP contribution < -0.4 is 5.32 Å². The molecule has 1 aliphatic heterocycles. The van der Waals surface area contributed by atoms with Crippen LogP contribution >= 0.6 is 11.3 Å². The molecule has 1 amide bonds. The van der Waals surface area contributed by atoms with E-state index in [2.05, 4.69) is 10.3 Å². The van der Waals surface area contributed by atoms with Gasteiger partial charge in [0.1, 0.15) is 4.88 Å². The van der Waals surface area contributed by atoms with Crippen LogP contribution in [0.4, 0.5) is 0 Å². The minimum atomic E-state index is -0.249. The molecule has 1 saturated heterocycles. The summed E-state index contributed by atoms with van der Waals surface area (Å²) >= 11 is 1.32. The molecule has 1 aromatic heterocycles. The highest BCUT2D eigenvalue weighted by atomic mass is 32.1. The maximum Gasteiger partial charge on any atom is 0.309 e. The second kappa shape index (κ2) is 6.53. The number of esters is 1. The Morgan fingerprint density at radius 1 is 1.57 bits per heavy atom. The summed E-state index contributed by atoms with van der Waals surface area (Å²) in [6, 6.07) is 0. The van der Waals surface area contributed by atoms with Crippen molar-refractivity contribution in [3.05, 3.63) is 16.6 Å². The number of aromatic nitrogens is 1. The first-order valence-electron chi connectivity index (χ1n) is 7.01. The zero-order valence-electron chi connectivity index (χ0n) is 12.6. The number of hydrogen-bond acceptors (Lipinski definition) is 6. The van der Waals surface area contributed by atoms with E-state index in [1.807, 2.05) is 6.92 Å². The van der Waals surface area contributed by atoms with Crippen LogP contribution in [0.3, 0.4) is 0 Å². The molecule has 0 aliphatic carbocycles. The van der Waals surface area contributed by atoms with Gasteiger partial charge in [0.15, 0.2) is 0 Å². The normalized spacial score (nSPS) is 17.7. The summed E-state index contributed by atoms with van der Waals surface area (Å²) in [6.45, 7) is 6.01. The van der Waals surface area contributed by atoms with Gasteiger partial charge in [-0.25, -0.2) is 0 Å². The molecule has 0 saturated carbocycles. The van der Waals surface area contributed by atoms with Crippen LogP contribution in [-0.4, -0.2) is 55.0 Å². The average Bonchev–Trinajstić information content (AvgIpc) is 2.95. The largest absolute Gasteiger partial charge is 0.466 e. The molecule has 21 heavy (non-hydrogen) atoms. The van der Waals surface area contributed by atoms with Crippen LogP contribution in [0, 0.1) is 11.3 Å². The lowest BCUT2D eigenvalue weighted by Crippen LogP contribution is -2.63. The van der Waals surface area contributed by atoms with Gasteiger partial charge < -0.3 is 15.0 Å². The summed E-state index contributed by atoms with van der Waals surface area (Å²) in [4.78, 5) is 30.5. The highest BCUT2D eigenvalue weighted by molar-refractivity contribution is 7.11. The van der Waals surface area contributed by atoms with Crippen molar-refractivity contribution in [2.75, 3.05) is 33.3 Å². The number of nitrogens with zero attached hydrogens (tertiary/aromatic N) is 2. The van der Waals surface area contributed by atoms with Crippen LogP contribution in [-0.2, 0) is 9.53 Å². The van der Waals surface area contributed by atoms with E-state index in [4.69, 9.17) is 4.74 Å². The van der Waals surface area contributed by atoms with Crippen molar-refractivity contribution in [3.8, 4) is 0 Å². The third-order valence-corrected chi connectivity index (χ3v) is 4.82. The van der Waals surface area contributed by atoms with Crippen LogP contribution in [0.1, 0.15) is 23.5 Å². The van der Waals surface area contributed by atoms with Crippen LogP contribution in [0.2, 0.25) is 0 Å². The van der Waals surface area contributed by atoms with Gasteiger partial charge in [0.05, 0.1) is 24.2 Å². The highest BCUT2D eigenvalue weighted by Crippen LogP contribution is 2.34. The lowest BCUT2D eigenvalue weighted by atomic mass is 9.71. The maximum atomic E-state index is 12.3. The van der Waals surface area contributed by atoms with Gasteiger partial charge in [0.2, 0.25) is 0 Å². The molecule has 1 unspecified atom stereocenters.